The van der Waals surface area contributed by atoms with Crippen LogP contribution in [0.1, 0.15) is 10.4 Å². The quantitative estimate of drug-likeness (QED) is 0.911. The molecule has 0 fully saturated rings. The first-order valence-electron chi connectivity index (χ1n) is 5.43. The van der Waals surface area contributed by atoms with Crippen molar-refractivity contribution in [2.75, 3.05) is 12.4 Å². The van der Waals surface area contributed by atoms with E-state index in [1.54, 1.807) is 25.3 Å². The van der Waals surface area contributed by atoms with Gasteiger partial charge in [-0.15, -0.1) is 0 Å². The summed E-state index contributed by atoms with van der Waals surface area (Å²) in [6.07, 6.45) is 1.43. The van der Waals surface area contributed by atoms with Gasteiger partial charge in [0.2, 0.25) is 5.56 Å². The van der Waals surface area contributed by atoms with Crippen molar-refractivity contribution in [3.05, 3.63) is 56.9 Å². The number of carbonyl (C=O) groups is 1. The van der Waals surface area contributed by atoms with Crippen molar-refractivity contribution in [3.63, 3.8) is 0 Å². The van der Waals surface area contributed by atoms with Gasteiger partial charge in [0.25, 0.3) is 5.91 Å². The summed E-state index contributed by atoms with van der Waals surface area (Å²) < 4.78 is 5.89. The number of aromatic nitrogens is 1. The van der Waals surface area contributed by atoms with Gasteiger partial charge in [0.1, 0.15) is 5.75 Å². The number of nitrogens with one attached hydrogen (secondary N) is 2. The summed E-state index contributed by atoms with van der Waals surface area (Å²) in [4.78, 5) is 25.6. The van der Waals surface area contributed by atoms with Crippen LogP contribution in [0.2, 0.25) is 0 Å². The van der Waals surface area contributed by atoms with Gasteiger partial charge in [0.05, 0.1) is 7.11 Å². The summed E-state index contributed by atoms with van der Waals surface area (Å²) in [7, 11) is 1.55. The van der Waals surface area contributed by atoms with Crippen molar-refractivity contribution in [1.82, 2.24) is 4.98 Å². The van der Waals surface area contributed by atoms with E-state index in [9.17, 15) is 9.59 Å². The summed E-state index contributed by atoms with van der Waals surface area (Å²) in [5, 5.41) is 2.70. The highest BCUT2D eigenvalue weighted by Crippen LogP contribution is 2.24. The molecular formula is C13H11BrN2O3. The molecule has 1 aromatic carbocycles. The lowest BCUT2D eigenvalue weighted by atomic mass is 10.2. The molecular weight excluding hydrogens is 312 g/mol. The minimum atomic E-state index is -0.355. The van der Waals surface area contributed by atoms with Crippen LogP contribution in [0.25, 0.3) is 0 Å². The van der Waals surface area contributed by atoms with Crippen LogP contribution in [0.15, 0.2) is 45.8 Å². The predicted octanol–water partition coefficient (Wildman–Crippen LogP) is 2.40. The molecule has 2 N–H and O–H groups in total. The van der Waals surface area contributed by atoms with Gasteiger partial charge in [-0.3, -0.25) is 9.59 Å². The summed E-state index contributed by atoms with van der Waals surface area (Å²) in [6.45, 7) is 0. The summed E-state index contributed by atoms with van der Waals surface area (Å²) in [6, 6.07) is 7.99. The average molecular weight is 323 g/mol. The summed E-state index contributed by atoms with van der Waals surface area (Å²) in [5.41, 5.74) is 0.554. The van der Waals surface area contributed by atoms with Gasteiger partial charge < -0.3 is 15.0 Å². The maximum Gasteiger partial charge on any atom is 0.255 e. The van der Waals surface area contributed by atoms with E-state index < -0.39 is 0 Å². The third-order valence-corrected chi connectivity index (χ3v) is 2.86. The van der Waals surface area contributed by atoms with Crippen LogP contribution in [0, 0.1) is 0 Å². The molecule has 2 rings (SSSR count). The van der Waals surface area contributed by atoms with E-state index in [2.05, 4.69) is 26.2 Å². The monoisotopic (exact) mass is 322 g/mol. The Morgan fingerprint density at radius 3 is 2.79 bits per heavy atom. The maximum atomic E-state index is 12.0. The number of hydrogen-bond donors (Lipinski definition) is 2. The number of aromatic amines is 1. The molecule has 0 saturated heterocycles. The molecule has 0 bridgehead atoms. The molecule has 6 heteroatoms. The molecule has 0 saturated carbocycles. The fourth-order valence-corrected chi connectivity index (χ4v) is 2.01. The molecule has 1 heterocycles. The molecule has 0 aliphatic carbocycles. The Bertz CT molecular complexity index is 667. The lowest BCUT2D eigenvalue weighted by molar-refractivity contribution is 0.102. The molecule has 1 aromatic heterocycles. The van der Waals surface area contributed by atoms with E-state index in [-0.39, 0.29) is 11.5 Å². The Morgan fingerprint density at radius 2 is 2.11 bits per heavy atom. The highest BCUT2D eigenvalue weighted by Gasteiger charge is 2.08. The van der Waals surface area contributed by atoms with E-state index in [0.717, 1.165) is 4.47 Å². The normalized spacial score (nSPS) is 10.0. The maximum absolute atomic E-state index is 12.0. The molecule has 19 heavy (non-hydrogen) atoms. The van der Waals surface area contributed by atoms with Gasteiger partial charge in [0.15, 0.2) is 0 Å². The third-order valence-electron chi connectivity index (χ3n) is 2.40. The number of carbonyl (C=O) groups excluding carboxylic acids is 1. The van der Waals surface area contributed by atoms with Crippen molar-refractivity contribution >= 4 is 27.5 Å². The molecule has 2 aromatic rings. The predicted molar refractivity (Wildman–Crippen MR) is 75.7 cm³/mol. The van der Waals surface area contributed by atoms with Gasteiger partial charge in [-0.1, -0.05) is 15.9 Å². The van der Waals surface area contributed by atoms with Crippen molar-refractivity contribution in [3.8, 4) is 5.75 Å². The highest BCUT2D eigenvalue weighted by molar-refractivity contribution is 9.10. The second kappa shape index (κ2) is 5.71. The third kappa shape index (κ3) is 3.45. The molecule has 0 aliphatic rings. The lowest BCUT2D eigenvalue weighted by Crippen LogP contribution is -2.15. The van der Waals surface area contributed by atoms with Gasteiger partial charge in [-0.25, -0.2) is 0 Å². The molecule has 0 radical (unpaired) electrons. The van der Waals surface area contributed by atoms with Gasteiger partial charge in [-0.05, 0) is 18.2 Å². The van der Waals surface area contributed by atoms with Crippen LogP contribution < -0.4 is 15.6 Å². The van der Waals surface area contributed by atoms with E-state index in [0.29, 0.717) is 17.0 Å². The largest absolute Gasteiger partial charge is 0.497 e. The highest BCUT2D eigenvalue weighted by atomic mass is 79.9. The van der Waals surface area contributed by atoms with Crippen molar-refractivity contribution in [2.24, 2.45) is 0 Å². The number of pyridine rings is 1. The minimum absolute atomic E-state index is 0.294. The molecule has 98 valence electrons. The lowest BCUT2D eigenvalue weighted by Gasteiger charge is -2.08. The Kier molecular flexibility index (Phi) is 4.01. The van der Waals surface area contributed by atoms with Crippen molar-refractivity contribution in [1.29, 1.82) is 0 Å². The number of hydrogen-bond acceptors (Lipinski definition) is 3. The van der Waals surface area contributed by atoms with E-state index in [4.69, 9.17) is 4.74 Å². The molecule has 5 nitrogen and oxygen atoms in total. The Hall–Kier alpha value is -2.08. The van der Waals surface area contributed by atoms with Crippen LogP contribution in [0.5, 0.6) is 5.75 Å². The zero-order valence-electron chi connectivity index (χ0n) is 10.1. The summed E-state index contributed by atoms with van der Waals surface area (Å²) >= 11 is 3.33. The Balaban J connectivity index is 2.24. The molecule has 0 aliphatic heterocycles. The number of H-pyrrole nitrogens is 1. The van der Waals surface area contributed by atoms with Crippen molar-refractivity contribution in [2.45, 2.75) is 0 Å². The number of ether oxygens (including phenoxy) is 1. The second-order valence-electron chi connectivity index (χ2n) is 3.78. The summed E-state index contributed by atoms with van der Waals surface area (Å²) in [5.74, 6) is 0.266. The van der Waals surface area contributed by atoms with Crippen LogP contribution in [0.3, 0.4) is 0 Å². The topological polar surface area (TPSA) is 71.2 Å². The smallest absolute Gasteiger partial charge is 0.255 e. The number of halogens is 1. The molecule has 1 amide bonds. The number of amides is 1. The number of anilines is 1. The SMILES string of the molecule is COc1cc(Br)cc(NC(=O)c2cc[nH]c(=O)c2)c1. The first-order valence-corrected chi connectivity index (χ1v) is 6.22. The fraction of sp³-hybridized carbons (Fsp3) is 0.0769. The van der Waals surface area contributed by atoms with E-state index in [1.165, 1.54) is 18.3 Å². The standard InChI is InChI=1S/C13H11BrN2O3/c1-19-11-6-9(14)5-10(7-11)16-13(18)8-2-3-15-12(17)4-8/h2-7H,1H3,(H,15,17)(H,16,18). The zero-order chi connectivity index (χ0) is 13.8. The number of rotatable bonds is 3. The molecule has 0 spiro atoms. The molecule has 0 atom stereocenters. The van der Waals surface area contributed by atoms with Crippen LogP contribution in [-0.2, 0) is 0 Å². The van der Waals surface area contributed by atoms with Crippen LogP contribution in [0.4, 0.5) is 5.69 Å². The van der Waals surface area contributed by atoms with Crippen LogP contribution >= 0.6 is 15.9 Å². The average Bonchev–Trinajstić information content (AvgIpc) is 2.38. The minimum Gasteiger partial charge on any atom is -0.497 e. The Labute approximate surface area is 117 Å². The number of methoxy groups -OCH3 is 1. The van der Waals surface area contributed by atoms with Gasteiger partial charge >= 0.3 is 0 Å². The first-order chi connectivity index (χ1) is 9.08. The van der Waals surface area contributed by atoms with E-state index in [1.807, 2.05) is 0 Å². The molecule has 0 unspecified atom stereocenters. The van der Waals surface area contributed by atoms with Crippen molar-refractivity contribution < 1.29 is 9.53 Å². The fourth-order valence-electron chi connectivity index (χ4n) is 1.54. The Morgan fingerprint density at radius 1 is 1.32 bits per heavy atom. The second-order valence-corrected chi connectivity index (χ2v) is 4.69. The zero-order valence-corrected chi connectivity index (χ0v) is 11.7. The first kappa shape index (κ1) is 13.4. The number of benzene rings is 1. The van der Waals surface area contributed by atoms with E-state index >= 15 is 0 Å². The van der Waals surface area contributed by atoms with Gasteiger partial charge in [0, 0.05) is 34.1 Å². The van der Waals surface area contributed by atoms with Crippen LogP contribution in [-0.4, -0.2) is 18.0 Å². The van der Waals surface area contributed by atoms with Gasteiger partial charge in [-0.2, -0.15) is 0 Å².